The van der Waals surface area contributed by atoms with E-state index in [1.165, 1.54) is 6.42 Å². The summed E-state index contributed by atoms with van der Waals surface area (Å²) in [7, 11) is 0. The molecule has 0 radical (unpaired) electrons. The number of carbonyl (C=O) groups is 2. The van der Waals surface area contributed by atoms with Gasteiger partial charge in [0.1, 0.15) is 6.04 Å². The maximum absolute atomic E-state index is 13.4. The van der Waals surface area contributed by atoms with Gasteiger partial charge in [-0.25, -0.2) is 0 Å². The average molecular weight is 508 g/mol. The quantitative estimate of drug-likeness (QED) is 0.439. The molecule has 3 fully saturated rings. The van der Waals surface area contributed by atoms with Gasteiger partial charge in [0.05, 0.1) is 5.56 Å². The second-order valence-electron chi connectivity index (χ2n) is 10.0. The van der Waals surface area contributed by atoms with Crippen LogP contribution in [-0.4, -0.2) is 17.9 Å². The fourth-order valence-electron chi connectivity index (χ4n) is 5.69. The summed E-state index contributed by atoms with van der Waals surface area (Å²) >= 11 is 0. The molecule has 2 bridgehead atoms. The molecule has 8 heteroatoms. The molecule has 34 heavy (non-hydrogen) atoms. The minimum atomic E-state index is -0.803. The number of nitrogens with one attached hydrogen (secondary N) is 2. The van der Waals surface area contributed by atoms with Crippen molar-refractivity contribution in [3.05, 3.63) is 65.2 Å². The lowest BCUT2D eigenvalue weighted by Crippen LogP contribution is -2.61. The molecule has 2 aromatic rings. The Morgan fingerprint density at radius 3 is 2.35 bits per heavy atom. The van der Waals surface area contributed by atoms with E-state index in [1.807, 2.05) is 30.3 Å². The Labute approximate surface area is 214 Å². The van der Waals surface area contributed by atoms with E-state index in [-0.39, 0.29) is 42.7 Å². The Balaban J connectivity index is 0.00000204. The summed E-state index contributed by atoms with van der Waals surface area (Å²) in [5.74, 6) is 1.09. The minimum Gasteiger partial charge on any atom is -0.398 e. The number of nitrogens with two attached hydrogens (primary N) is 2. The smallest absolute Gasteiger partial charge is 0.254 e. The number of carbonyl (C=O) groups excluding carboxylic acids is 2. The van der Waals surface area contributed by atoms with Crippen molar-refractivity contribution in [2.45, 2.75) is 52.2 Å². The Kier molecular flexibility index (Phi) is 9.03. The molecular weight excluding hydrogens is 471 g/mol. The number of amides is 2. The molecule has 1 unspecified atom stereocenters. The summed E-state index contributed by atoms with van der Waals surface area (Å²) in [6.45, 7) is 7.23. The van der Waals surface area contributed by atoms with Gasteiger partial charge < -0.3 is 22.1 Å². The van der Waals surface area contributed by atoms with Gasteiger partial charge in [0.2, 0.25) is 5.91 Å². The number of nitrogen functional groups attached to an aromatic ring is 1. The third kappa shape index (κ3) is 5.19. The lowest BCUT2D eigenvalue weighted by atomic mass is 9.45. The van der Waals surface area contributed by atoms with E-state index < -0.39 is 6.04 Å². The fourth-order valence-corrected chi connectivity index (χ4v) is 5.69. The van der Waals surface area contributed by atoms with Gasteiger partial charge in [0.15, 0.2) is 0 Å². The van der Waals surface area contributed by atoms with Crippen molar-refractivity contribution in [2.24, 2.45) is 28.9 Å². The first-order chi connectivity index (χ1) is 15.2. The van der Waals surface area contributed by atoms with Crippen molar-refractivity contribution >= 4 is 42.3 Å². The third-order valence-electron chi connectivity index (χ3n) is 7.95. The van der Waals surface area contributed by atoms with E-state index in [0.29, 0.717) is 41.0 Å². The summed E-state index contributed by atoms with van der Waals surface area (Å²) in [6, 6.07) is 13.8. The van der Waals surface area contributed by atoms with Gasteiger partial charge in [-0.3, -0.25) is 9.59 Å². The zero-order chi connectivity index (χ0) is 23.0. The first kappa shape index (κ1) is 28.0. The largest absolute Gasteiger partial charge is 0.398 e. The predicted octanol–water partition coefficient (Wildman–Crippen LogP) is 4.23. The van der Waals surface area contributed by atoms with Crippen LogP contribution in [-0.2, 0) is 11.3 Å². The van der Waals surface area contributed by atoms with Crippen molar-refractivity contribution in [1.82, 2.24) is 10.6 Å². The van der Waals surface area contributed by atoms with Crippen LogP contribution in [0.2, 0.25) is 0 Å². The van der Waals surface area contributed by atoms with E-state index in [2.05, 4.69) is 31.4 Å². The van der Waals surface area contributed by atoms with Crippen LogP contribution >= 0.6 is 24.8 Å². The van der Waals surface area contributed by atoms with Gasteiger partial charge in [-0.05, 0) is 59.3 Å². The molecule has 3 saturated carbocycles. The standard InChI is InChI=1S/C26H34N4O2.2ClH/c1-15-20-12-18(26(20,2)3)13-22(15)29-25(32)23(17-7-5-4-6-8-17)30-24(31)19-11-16(14-27)9-10-21(19)28;;/h4-11,15,18,20,22-23H,12-14,27-28H2,1-3H3,(H,29,32)(H,30,31);2*1H/t15-,18+,20-,22-,23?;;/m0../s1. The third-order valence-corrected chi connectivity index (χ3v) is 7.95. The Hall–Kier alpha value is -2.28. The van der Waals surface area contributed by atoms with Crippen LogP contribution in [0.5, 0.6) is 0 Å². The number of rotatable bonds is 6. The highest BCUT2D eigenvalue weighted by Gasteiger charge is 2.56. The van der Waals surface area contributed by atoms with Crippen LogP contribution in [0.4, 0.5) is 5.69 Å². The van der Waals surface area contributed by atoms with Crippen LogP contribution < -0.4 is 22.1 Å². The van der Waals surface area contributed by atoms with Crippen LogP contribution in [0.3, 0.4) is 0 Å². The van der Waals surface area contributed by atoms with Crippen molar-refractivity contribution in [3.8, 4) is 0 Å². The molecule has 2 aromatic carbocycles. The summed E-state index contributed by atoms with van der Waals surface area (Å²) in [6.07, 6.45) is 2.23. The van der Waals surface area contributed by atoms with E-state index in [9.17, 15) is 9.59 Å². The second kappa shape index (κ2) is 11.0. The highest BCUT2D eigenvalue weighted by Crippen LogP contribution is 2.61. The molecule has 0 aliphatic heterocycles. The maximum atomic E-state index is 13.4. The van der Waals surface area contributed by atoms with Crippen molar-refractivity contribution in [1.29, 1.82) is 0 Å². The highest BCUT2D eigenvalue weighted by molar-refractivity contribution is 6.01. The van der Waals surface area contributed by atoms with Gasteiger partial charge in [0, 0.05) is 18.3 Å². The molecule has 186 valence electrons. The van der Waals surface area contributed by atoms with Gasteiger partial charge in [-0.1, -0.05) is 57.2 Å². The van der Waals surface area contributed by atoms with Gasteiger partial charge in [-0.15, -0.1) is 24.8 Å². The zero-order valence-corrected chi connectivity index (χ0v) is 21.5. The number of hydrogen-bond donors (Lipinski definition) is 4. The topological polar surface area (TPSA) is 110 Å². The average Bonchev–Trinajstić information content (AvgIpc) is 2.79. The first-order valence-electron chi connectivity index (χ1n) is 11.5. The van der Waals surface area contributed by atoms with E-state index in [1.54, 1.807) is 18.2 Å². The molecule has 2 amide bonds. The molecule has 5 rings (SSSR count). The summed E-state index contributed by atoms with van der Waals surface area (Å²) < 4.78 is 0. The second-order valence-corrected chi connectivity index (χ2v) is 10.0. The number of fused-ring (bicyclic) bond motifs is 2. The molecular formula is C26H36Cl2N4O2. The molecule has 3 aliphatic carbocycles. The van der Waals surface area contributed by atoms with Gasteiger partial charge in [-0.2, -0.15) is 0 Å². The van der Waals surface area contributed by atoms with Crippen molar-refractivity contribution < 1.29 is 9.59 Å². The molecule has 6 N–H and O–H groups in total. The number of halogens is 2. The van der Waals surface area contributed by atoms with Crippen molar-refractivity contribution in [3.63, 3.8) is 0 Å². The highest BCUT2D eigenvalue weighted by atomic mass is 35.5. The molecule has 5 atom stereocenters. The molecule has 0 heterocycles. The lowest BCUT2D eigenvalue weighted by molar-refractivity contribution is -0.135. The molecule has 0 saturated heterocycles. The normalized spacial score (nSPS) is 24.9. The van der Waals surface area contributed by atoms with E-state index >= 15 is 0 Å². The predicted molar refractivity (Wildman–Crippen MR) is 141 cm³/mol. The van der Waals surface area contributed by atoms with Crippen LogP contribution in [0.1, 0.15) is 61.1 Å². The number of benzene rings is 2. The fraction of sp³-hybridized carbons (Fsp3) is 0.462. The Bertz CT molecular complexity index is 1020. The number of hydrogen-bond acceptors (Lipinski definition) is 4. The van der Waals surface area contributed by atoms with Crippen LogP contribution in [0.15, 0.2) is 48.5 Å². The zero-order valence-electron chi connectivity index (χ0n) is 19.9. The molecule has 0 aromatic heterocycles. The minimum absolute atomic E-state index is 0. The summed E-state index contributed by atoms with van der Waals surface area (Å²) in [5, 5.41) is 6.17. The van der Waals surface area contributed by atoms with Gasteiger partial charge >= 0.3 is 0 Å². The lowest BCUT2D eigenvalue weighted by Gasteiger charge is -2.62. The molecule has 3 aliphatic rings. The monoisotopic (exact) mass is 506 g/mol. The van der Waals surface area contributed by atoms with Crippen molar-refractivity contribution in [2.75, 3.05) is 5.73 Å². The SMILES string of the molecule is C[C@@H]1[C@@H](NC(=O)C(NC(=O)c2cc(CN)ccc2N)c2ccccc2)C[C@H]2C[C@@H]1C2(C)C.Cl.Cl. The Morgan fingerprint density at radius 2 is 1.76 bits per heavy atom. The molecule has 0 spiro atoms. The molecule has 6 nitrogen and oxygen atoms in total. The maximum Gasteiger partial charge on any atom is 0.254 e. The van der Waals surface area contributed by atoms with E-state index in [0.717, 1.165) is 17.5 Å². The van der Waals surface area contributed by atoms with Gasteiger partial charge in [0.25, 0.3) is 5.91 Å². The van der Waals surface area contributed by atoms with Crippen LogP contribution in [0.25, 0.3) is 0 Å². The Morgan fingerprint density at radius 1 is 1.09 bits per heavy atom. The van der Waals surface area contributed by atoms with Crippen LogP contribution in [0, 0.1) is 23.2 Å². The summed E-state index contributed by atoms with van der Waals surface area (Å²) in [4.78, 5) is 26.5. The first-order valence-corrected chi connectivity index (χ1v) is 11.5. The summed E-state index contributed by atoms with van der Waals surface area (Å²) in [5.41, 5.74) is 14.3. The number of anilines is 1. The van der Waals surface area contributed by atoms with E-state index in [4.69, 9.17) is 11.5 Å².